The second-order valence-electron chi connectivity index (χ2n) is 12.9. The first kappa shape index (κ1) is 52.1. The topological polar surface area (TPSA) is 237 Å². The highest BCUT2D eigenvalue weighted by molar-refractivity contribution is 7.47. The third-order valence-corrected chi connectivity index (χ3v) is 9.47. The van der Waals surface area contributed by atoms with Crippen LogP contribution in [0.3, 0.4) is 0 Å². The first-order chi connectivity index (χ1) is 25.7. The minimum atomic E-state index is -4.88. The second-order valence-corrected chi connectivity index (χ2v) is 15.8. The summed E-state index contributed by atoms with van der Waals surface area (Å²) in [6, 6.07) is 0. The number of aliphatic hydroxyl groups is 1. The Morgan fingerprint density at radius 3 is 1.22 bits per heavy atom. The molecule has 0 saturated heterocycles. The van der Waals surface area contributed by atoms with Crippen LogP contribution in [0.15, 0.2) is 0 Å². The summed E-state index contributed by atoms with van der Waals surface area (Å²) in [4.78, 5) is 68.9. The Morgan fingerprint density at radius 1 is 0.444 bits per heavy atom. The van der Waals surface area contributed by atoms with Gasteiger partial charge in [-0.15, -0.1) is 0 Å². The van der Waals surface area contributed by atoms with Gasteiger partial charge >= 0.3 is 39.5 Å². The van der Waals surface area contributed by atoms with Crippen molar-refractivity contribution in [3.05, 3.63) is 0 Å². The highest BCUT2D eigenvalue weighted by atomic mass is 31.2. The number of carbonyl (C=O) groups excluding carboxylic acids is 4. The zero-order valence-corrected chi connectivity index (χ0v) is 34.4. The molecule has 0 bridgehead atoms. The van der Waals surface area contributed by atoms with E-state index in [0.29, 0.717) is 25.7 Å². The molecule has 0 aliphatic carbocycles. The van der Waals surface area contributed by atoms with Crippen LogP contribution < -0.4 is 0 Å². The van der Waals surface area contributed by atoms with Crippen molar-refractivity contribution in [2.45, 2.75) is 162 Å². The van der Waals surface area contributed by atoms with Crippen molar-refractivity contribution in [2.75, 3.05) is 39.6 Å². The number of hydrogen-bond donors (Lipinski definition) is 3. The molecular weight excluding hydrogens is 754 g/mol. The fraction of sp³-hybridized carbons (Fsp3) is 0.886. The molecule has 54 heavy (non-hydrogen) atoms. The number of phosphoric acid groups is 2. The van der Waals surface area contributed by atoms with Crippen LogP contribution in [0.4, 0.5) is 0 Å². The van der Waals surface area contributed by atoms with Gasteiger partial charge in [-0.2, -0.15) is 0 Å². The van der Waals surface area contributed by atoms with E-state index < -0.39 is 97.5 Å². The average Bonchev–Trinajstić information content (AvgIpc) is 3.12. The van der Waals surface area contributed by atoms with Gasteiger partial charge in [0.05, 0.1) is 26.4 Å². The first-order valence-electron chi connectivity index (χ1n) is 19.3. The molecule has 0 amide bonds. The molecule has 0 rings (SSSR count). The van der Waals surface area contributed by atoms with E-state index in [0.717, 1.165) is 64.2 Å². The molecule has 3 N–H and O–H groups in total. The summed E-state index contributed by atoms with van der Waals surface area (Å²) >= 11 is 0. The van der Waals surface area contributed by atoms with E-state index in [1.807, 2.05) is 13.8 Å². The van der Waals surface area contributed by atoms with Gasteiger partial charge in [0, 0.05) is 25.7 Å². The zero-order chi connectivity index (χ0) is 40.7. The number of carbonyl (C=O) groups is 4. The van der Waals surface area contributed by atoms with Gasteiger partial charge in [-0.25, -0.2) is 9.13 Å². The first-order valence-corrected chi connectivity index (χ1v) is 22.3. The van der Waals surface area contributed by atoms with E-state index in [-0.39, 0.29) is 25.7 Å². The number of aliphatic hydroxyl groups excluding tert-OH is 1. The largest absolute Gasteiger partial charge is 0.472 e. The molecule has 0 aliphatic heterocycles. The molecule has 318 valence electrons. The molecule has 0 radical (unpaired) electrons. The summed E-state index contributed by atoms with van der Waals surface area (Å²) in [6.45, 7) is 3.88. The smallest absolute Gasteiger partial charge is 0.462 e. The predicted molar refractivity (Wildman–Crippen MR) is 197 cm³/mol. The van der Waals surface area contributed by atoms with Gasteiger partial charge in [-0.3, -0.25) is 37.3 Å². The molecule has 5 atom stereocenters. The fourth-order valence-electron chi connectivity index (χ4n) is 4.55. The molecule has 0 heterocycles. The Hall–Kier alpha value is -1.94. The minimum absolute atomic E-state index is 0.0880. The second kappa shape index (κ2) is 32.2. The summed E-state index contributed by atoms with van der Waals surface area (Å²) in [5, 5.41) is 10.2. The third kappa shape index (κ3) is 31.3. The van der Waals surface area contributed by atoms with E-state index >= 15 is 0 Å². The van der Waals surface area contributed by atoms with Gasteiger partial charge in [-0.05, 0) is 25.7 Å². The van der Waals surface area contributed by atoms with Crippen LogP contribution in [0.5, 0.6) is 0 Å². The third-order valence-electron chi connectivity index (χ3n) is 7.57. The van der Waals surface area contributed by atoms with Crippen LogP contribution in [0.2, 0.25) is 0 Å². The minimum Gasteiger partial charge on any atom is -0.462 e. The lowest BCUT2D eigenvalue weighted by molar-refractivity contribution is -0.161. The monoisotopic (exact) mass is 820 g/mol. The van der Waals surface area contributed by atoms with Crippen LogP contribution >= 0.6 is 15.6 Å². The molecule has 0 spiro atoms. The summed E-state index contributed by atoms with van der Waals surface area (Å²) < 4.78 is 65.2. The maximum atomic E-state index is 12.5. The van der Waals surface area contributed by atoms with Crippen molar-refractivity contribution >= 4 is 39.5 Å². The van der Waals surface area contributed by atoms with E-state index in [4.69, 9.17) is 37.0 Å². The standard InChI is InChI=1S/C35H66O17P2/c1-5-9-12-14-15-18-22-35(40)52-30(25-45-32(37)19-8-4)27-49-53(41,42)47-23-29(36)24-48-54(43,44)50-28-31(51-34(39)21-16-11-7-3)26-46-33(38)20-17-13-10-6-2/h29-31,36H,5-28H2,1-4H3,(H,41,42)(H,43,44)/t29-,30+,31+/m0/s1. The van der Waals surface area contributed by atoms with Gasteiger partial charge in [-0.1, -0.05) is 91.9 Å². The molecule has 0 aromatic rings. The molecule has 17 nitrogen and oxygen atoms in total. The van der Waals surface area contributed by atoms with Crippen LogP contribution in [-0.2, 0) is 65.4 Å². The van der Waals surface area contributed by atoms with Crippen LogP contribution in [0.25, 0.3) is 0 Å². The van der Waals surface area contributed by atoms with Crippen LogP contribution in [0, 0.1) is 0 Å². The molecule has 0 aromatic heterocycles. The van der Waals surface area contributed by atoms with E-state index in [9.17, 15) is 43.2 Å². The maximum Gasteiger partial charge on any atom is 0.472 e. The van der Waals surface area contributed by atoms with E-state index in [2.05, 4.69) is 6.92 Å². The Kier molecular flexibility index (Phi) is 31.0. The summed E-state index contributed by atoms with van der Waals surface area (Å²) in [6.07, 6.45) is 8.14. The van der Waals surface area contributed by atoms with Crippen molar-refractivity contribution in [2.24, 2.45) is 0 Å². The van der Waals surface area contributed by atoms with Crippen molar-refractivity contribution in [3.63, 3.8) is 0 Å². The normalized spacial score (nSPS) is 15.3. The quantitative estimate of drug-likeness (QED) is 0.0260. The number of esters is 4. The summed E-state index contributed by atoms with van der Waals surface area (Å²) in [5.74, 6) is -2.28. The Bertz CT molecular complexity index is 1120. The van der Waals surface area contributed by atoms with Gasteiger partial charge in [0.1, 0.15) is 19.3 Å². The van der Waals surface area contributed by atoms with Gasteiger partial charge in [0.15, 0.2) is 12.2 Å². The van der Waals surface area contributed by atoms with Crippen LogP contribution in [0.1, 0.15) is 143 Å². The molecule has 19 heteroatoms. The van der Waals surface area contributed by atoms with Crippen molar-refractivity contribution in [1.82, 2.24) is 0 Å². The molecule has 0 aromatic carbocycles. The Balaban J connectivity index is 4.98. The van der Waals surface area contributed by atoms with Crippen molar-refractivity contribution in [1.29, 1.82) is 0 Å². The highest BCUT2D eigenvalue weighted by Crippen LogP contribution is 2.45. The number of ether oxygens (including phenoxy) is 4. The average molecular weight is 821 g/mol. The van der Waals surface area contributed by atoms with Crippen molar-refractivity contribution in [3.8, 4) is 0 Å². The predicted octanol–water partition coefficient (Wildman–Crippen LogP) is 6.63. The maximum absolute atomic E-state index is 12.5. The van der Waals surface area contributed by atoms with Gasteiger partial charge < -0.3 is 33.8 Å². The number of unbranched alkanes of at least 4 members (excludes halogenated alkanes) is 10. The molecule has 0 fully saturated rings. The highest BCUT2D eigenvalue weighted by Gasteiger charge is 2.30. The zero-order valence-electron chi connectivity index (χ0n) is 32.7. The van der Waals surface area contributed by atoms with E-state index in [1.165, 1.54) is 0 Å². The summed E-state index contributed by atoms with van der Waals surface area (Å²) in [7, 11) is -9.77. The lowest BCUT2D eigenvalue weighted by Gasteiger charge is -2.21. The van der Waals surface area contributed by atoms with Crippen molar-refractivity contribution < 1.29 is 80.2 Å². The van der Waals surface area contributed by atoms with Gasteiger partial charge in [0.25, 0.3) is 0 Å². The number of phosphoric ester groups is 2. The molecule has 0 saturated carbocycles. The number of hydrogen-bond acceptors (Lipinski definition) is 15. The molecule has 2 unspecified atom stereocenters. The Labute approximate surface area is 320 Å². The molecule has 0 aliphatic rings. The lowest BCUT2D eigenvalue weighted by Crippen LogP contribution is -2.30. The fourth-order valence-corrected chi connectivity index (χ4v) is 6.12. The van der Waals surface area contributed by atoms with Crippen LogP contribution in [-0.4, -0.2) is 96.7 Å². The SMILES string of the molecule is CCCCCCCCC(=O)O[C@H](COC(=O)CCC)COP(=O)(O)OC[C@H](O)COP(=O)(O)OC[C@@H](COC(=O)CCCCCC)OC(=O)CCCCC. The Morgan fingerprint density at radius 2 is 0.778 bits per heavy atom. The lowest BCUT2D eigenvalue weighted by atomic mass is 10.1. The number of rotatable bonds is 36. The summed E-state index contributed by atoms with van der Waals surface area (Å²) in [5.41, 5.74) is 0. The molecular formula is C35H66O17P2. The van der Waals surface area contributed by atoms with E-state index in [1.54, 1.807) is 6.92 Å². The van der Waals surface area contributed by atoms with Gasteiger partial charge in [0.2, 0.25) is 0 Å².